The molecule has 3 aromatic rings. The Kier molecular flexibility index (Phi) is 5.57. The van der Waals surface area contributed by atoms with Gasteiger partial charge >= 0.3 is 6.18 Å². The van der Waals surface area contributed by atoms with E-state index in [1.807, 2.05) is 0 Å². The van der Waals surface area contributed by atoms with Gasteiger partial charge < -0.3 is 20.9 Å². The Morgan fingerprint density at radius 2 is 1.06 bits per heavy atom. The van der Waals surface area contributed by atoms with Crippen LogP contribution < -0.4 is 20.9 Å². The summed E-state index contributed by atoms with van der Waals surface area (Å²) < 4.78 is 119. The standard InChI is InChI=1S/C19H10F8N2O2/c20-10-5-9(30-14-3-7(28)1-11(21)17(14)23)6-13(16(10)19(25,26)27)31-15-4-8(29)2-12(22)18(15)24/h1-6H,28-29H2. The summed E-state index contributed by atoms with van der Waals surface area (Å²) in [6.45, 7) is 0. The molecular weight excluding hydrogens is 440 g/mol. The normalized spacial score (nSPS) is 11.5. The number of nitrogen functional groups attached to an aromatic ring is 2. The molecule has 0 heterocycles. The first kappa shape index (κ1) is 22.0. The first-order valence-corrected chi connectivity index (χ1v) is 8.12. The van der Waals surface area contributed by atoms with Crippen LogP contribution in [0.1, 0.15) is 5.56 Å². The molecule has 4 nitrogen and oxygen atoms in total. The van der Waals surface area contributed by atoms with Gasteiger partial charge in [0, 0.05) is 47.8 Å². The van der Waals surface area contributed by atoms with Crippen molar-refractivity contribution in [3.63, 3.8) is 0 Å². The lowest BCUT2D eigenvalue weighted by molar-refractivity contribution is -0.141. The molecule has 0 fully saturated rings. The van der Waals surface area contributed by atoms with Crippen LogP contribution in [0.25, 0.3) is 0 Å². The molecule has 3 rings (SSSR count). The number of hydrogen-bond acceptors (Lipinski definition) is 4. The Morgan fingerprint density at radius 3 is 1.55 bits per heavy atom. The smallest absolute Gasteiger partial charge is 0.422 e. The SMILES string of the molecule is Nc1cc(F)c(F)c(Oc2cc(F)c(C(F)(F)F)c(Oc3cc(N)cc(F)c3F)c2)c1. The Labute approximate surface area is 168 Å². The fourth-order valence-corrected chi connectivity index (χ4v) is 2.53. The Bertz CT molecular complexity index is 1160. The van der Waals surface area contributed by atoms with E-state index in [9.17, 15) is 35.1 Å². The third-order valence-electron chi connectivity index (χ3n) is 3.79. The number of benzene rings is 3. The van der Waals surface area contributed by atoms with Gasteiger partial charge in [-0.05, 0) is 0 Å². The lowest BCUT2D eigenvalue weighted by atomic mass is 10.1. The van der Waals surface area contributed by atoms with Crippen LogP contribution in [0.4, 0.5) is 46.5 Å². The average molecular weight is 450 g/mol. The molecule has 0 bridgehead atoms. The van der Waals surface area contributed by atoms with Gasteiger partial charge in [-0.15, -0.1) is 0 Å². The lowest BCUT2D eigenvalue weighted by Gasteiger charge is -2.17. The third-order valence-corrected chi connectivity index (χ3v) is 3.79. The molecule has 4 N–H and O–H groups in total. The molecule has 0 saturated carbocycles. The molecule has 0 spiro atoms. The quantitative estimate of drug-likeness (QED) is 0.370. The predicted octanol–water partition coefficient (Wildman–Crippen LogP) is 6.15. The minimum atomic E-state index is -5.33. The maximum absolute atomic E-state index is 14.3. The molecule has 0 aliphatic carbocycles. The van der Waals surface area contributed by atoms with Crippen molar-refractivity contribution in [3.05, 3.63) is 71.0 Å². The van der Waals surface area contributed by atoms with E-state index >= 15 is 0 Å². The van der Waals surface area contributed by atoms with Crippen LogP contribution in [-0.4, -0.2) is 0 Å². The number of halogens is 8. The number of alkyl halides is 3. The van der Waals surface area contributed by atoms with Crippen LogP contribution in [0.15, 0.2) is 36.4 Å². The number of rotatable bonds is 4. The van der Waals surface area contributed by atoms with Crippen molar-refractivity contribution in [2.75, 3.05) is 11.5 Å². The van der Waals surface area contributed by atoms with Crippen molar-refractivity contribution in [3.8, 4) is 23.0 Å². The molecule has 12 heteroatoms. The van der Waals surface area contributed by atoms with E-state index in [4.69, 9.17) is 20.9 Å². The summed E-state index contributed by atoms with van der Waals surface area (Å²) in [6.07, 6.45) is -5.33. The van der Waals surface area contributed by atoms with Gasteiger partial charge in [-0.2, -0.15) is 22.0 Å². The van der Waals surface area contributed by atoms with Crippen molar-refractivity contribution < 1.29 is 44.6 Å². The molecule has 3 aromatic carbocycles. The van der Waals surface area contributed by atoms with Crippen molar-refractivity contribution in [2.24, 2.45) is 0 Å². The highest BCUT2D eigenvalue weighted by molar-refractivity contribution is 5.52. The molecule has 0 amide bonds. The largest absolute Gasteiger partial charge is 0.454 e. The second-order valence-electron chi connectivity index (χ2n) is 6.11. The van der Waals surface area contributed by atoms with Gasteiger partial charge in [0.05, 0.1) is 0 Å². The lowest BCUT2D eigenvalue weighted by Crippen LogP contribution is -2.11. The highest BCUT2D eigenvalue weighted by atomic mass is 19.4. The molecular formula is C19H10F8N2O2. The molecule has 0 atom stereocenters. The summed E-state index contributed by atoms with van der Waals surface area (Å²) in [5.41, 5.74) is 7.99. The second-order valence-corrected chi connectivity index (χ2v) is 6.11. The maximum atomic E-state index is 14.3. The van der Waals surface area contributed by atoms with Crippen LogP contribution in [0.3, 0.4) is 0 Å². The van der Waals surface area contributed by atoms with Gasteiger partial charge in [0.15, 0.2) is 23.1 Å². The van der Waals surface area contributed by atoms with Crippen LogP contribution in [-0.2, 0) is 6.18 Å². The first-order valence-electron chi connectivity index (χ1n) is 8.12. The topological polar surface area (TPSA) is 70.5 Å². The monoisotopic (exact) mass is 450 g/mol. The van der Waals surface area contributed by atoms with Crippen LogP contribution >= 0.6 is 0 Å². The molecule has 0 aromatic heterocycles. The van der Waals surface area contributed by atoms with Gasteiger partial charge in [-0.1, -0.05) is 0 Å². The molecule has 0 saturated heterocycles. The second kappa shape index (κ2) is 7.85. The van der Waals surface area contributed by atoms with Gasteiger partial charge in [-0.25, -0.2) is 13.2 Å². The fraction of sp³-hybridized carbons (Fsp3) is 0.0526. The molecule has 0 aliphatic rings. The Morgan fingerprint density at radius 1 is 0.581 bits per heavy atom. The number of anilines is 2. The van der Waals surface area contributed by atoms with Crippen molar-refractivity contribution in [1.82, 2.24) is 0 Å². The fourth-order valence-electron chi connectivity index (χ4n) is 2.53. The molecule has 0 aliphatic heterocycles. The minimum Gasteiger partial charge on any atom is -0.454 e. The molecule has 31 heavy (non-hydrogen) atoms. The third kappa shape index (κ3) is 4.57. The van der Waals surface area contributed by atoms with E-state index in [-0.39, 0.29) is 11.8 Å². The van der Waals surface area contributed by atoms with Gasteiger partial charge in [0.1, 0.15) is 22.9 Å². The summed E-state index contributed by atoms with van der Waals surface area (Å²) >= 11 is 0. The van der Waals surface area contributed by atoms with Gasteiger partial charge in [-0.3, -0.25) is 0 Å². The minimum absolute atomic E-state index is 0.215. The van der Waals surface area contributed by atoms with Crippen LogP contribution in [0.2, 0.25) is 0 Å². The Balaban J connectivity index is 2.13. The summed E-state index contributed by atoms with van der Waals surface area (Å²) in [6, 6.07) is 3.25. The highest BCUT2D eigenvalue weighted by Gasteiger charge is 2.39. The van der Waals surface area contributed by atoms with Gasteiger partial charge in [0.25, 0.3) is 0 Å². The predicted molar refractivity (Wildman–Crippen MR) is 93.1 cm³/mol. The average Bonchev–Trinajstić information content (AvgIpc) is 2.62. The molecule has 0 unspecified atom stereocenters. The summed E-state index contributed by atoms with van der Waals surface area (Å²) in [5.74, 6) is -12.3. The van der Waals surface area contributed by atoms with E-state index in [1.54, 1.807) is 0 Å². The molecule has 0 radical (unpaired) electrons. The van der Waals surface area contributed by atoms with Crippen molar-refractivity contribution in [2.45, 2.75) is 6.18 Å². The zero-order valence-electron chi connectivity index (χ0n) is 15.0. The number of hydrogen-bond donors (Lipinski definition) is 2. The van der Waals surface area contributed by atoms with E-state index in [2.05, 4.69) is 0 Å². The zero-order valence-corrected chi connectivity index (χ0v) is 15.0. The number of nitrogens with two attached hydrogens (primary N) is 2. The van der Waals surface area contributed by atoms with Crippen LogP contribution in [0.5, 0.6) is 23.0 Å². The summed E-state index contributed by atoms with van der Waals surface area (Å²) in [7, 11) is 0. The highest BCUT2D eigenvalue weighted by Crippen LogP contribution is 2.44. The van der Waals surface area contributed by atoms with Gasteiger partial charge in [0.2, 0.25) is 11.6 Å². The first-order chi connectivity index (χ1) is 14.4. The van der Waals surface area contributed by atoms with Crippen molar-refractivity contribution >= 4 is 11.4 Å². The van der Waals surface area contributed by atoms with E-state index in [0.717, 1.165) is 6.07 Å². The Hall–Kier alpha value is -3.70. The van der Waals surface area contributed by atoms with E-state index in [0.29, 0.717) is 24.3 Å². The van der Waals surface area contributed by atoms with Crippen LogP contribution in [0, 0.1) is 29.1 Å². The summed E-state index contributed by atoms with van der Waals surface area (Å²) in [5, 5.41) is 0. The molecule has 164 valence electrons. The van der Waals surface area contributed by atoms with E-state index in [1.165, 1.54) is 0 Å². The maximum Gasteiger partial charge on any atom is 0.422 e. The van der Waals surface area contributed by atoms with Crippen molar-refractivity contribution in [1.29, 1.82) is 0 Å². The van der Waals surface area contributed by atoms with E-state index < -0.39 is 69.5 Å². The zero-order chi connectivity index (χ0) is 23.1. The number of ether oxygens (including phenoxy) is 2. The summed E-state index contributed by atoms with van der Waals surface area (Å²) in [4.78, 5) is 0.